The quantitative estimate of drug-likeness (QED) is 0.680. The normalized spacial score (nSPS) is 19.9. The zero-order valence-electron chi connectivity index (χ0n) is 15.1. The van der Waals surface area contributed by atoms with Gasteiger partial charge in [-0.2, -0.15) is 8.42 Å². The van der Waals surface area contributed by atoms with Gasteiger partial charge < -0.3 is 5.32 Å². The van der Waals surface area contributed by atoms with E-state index in [1.54, 1.807) is 0 Å². The van der Waals surface area contributed by atoms with Gasteiger partial charge in [0.15, 0.2) is 0 Å². The molecule has 0 aromatic heterocycles. The highest BCUT2D eigenvalue weighted by atomic mass is 35.5. The van der Waals surface area contributed by atoms with Crippen LogP contribution in [-0.4, -0.2) is 50.3 Å². The van der Waals surface area contributed by atoms with Gasteiger partial charge in [0.2, 0.25) is 0 Å². The van der Waals surface area contributed by atoms with Gasteiger partial charge in [0.25, 0.3) is 10.1 Å². The Labute approximate surface area is 169 Å². The van der Waals surface area contributed by atoms with Crippen LogP contribution < -0.4 is 5.32 Å². The molecule has 2 aliphatic rings. The van der Waals surface area contributed by atoms with Crippen molar-refractivity contribution in [2.75, 3.05) is 32.4 Å². The molecule has 27 heavy (non-hydrogen) atoms. The van der Waals surface area contributed by atoms with Crippen molar-refractivity contribution in [1.82, 2.24) is 10.2 Å². The van der Waals surface area contributed by atoms with Crippen molar-refractivity contribution < 1.29 is 13.0 Å². The van der Waals surface area contributed by atoms with Crippen molar-refractivity contribution >= 4 is 33.5 Å². The molecule has 2 heterocycles. The van der Waals surface area contributed by atoms with Crippen LogP contribution in [0.5, 0.6) is 0 Å². The molecule has 1 fully saturated rings. The van der Waals surface area contributed by atoms with Crippen molar-refractivity contribution in [2.24, 2.45) is 0 Å². The minimum atomic E-state index is -3.67. The Bertz CT molecular complexity index is 892. The SMILES string of the molecule is CS(=O)(=O)O.Clc1cccc2c1Sc1ccccc1CC2N1CCNCC1. The van der Waals surface area contributed by atoms with Crippen molar-refractivity contribution in [3.05, 3.63) is 58.6 Å². The van der Waals surface area contributed by atoms with E-state index in [-0.39, 0.29) is 0 Å². The molecule has 0 amide bonds. The molecule has 1 saturated heterocycles. The van der Waals surface area contributed by atoms with E-state index >= 15 is 0 Å². The number of fused-ring (bicyclic) bond motifs is 2. The summed E-state index contributed by atoms with van der Waals surface area (Å²) in [7, 11) is -3.67. The number of nitrogens with one attached hydrogen (secondary N) is 1. The lowest BCUT2D eigenvalue weighted by atomic mass is 9.97. The van der Waals surface area contributed by atoms with Gasteiger partial charge in [-0.05, 0) is 29.7 Å². The van der Waals surface area contributed by atoms with Crippen molar-refractivity contribution in [3.8, 4) is 0 Å². The number of hydrogen-bond acceptors (Lipinski definition) is 5. The Hall–Kier alpha value is -1.09. The first-order valence-electron chi connectivity index (χ1n) is 8.74. The predicted molar refractivity (Wildman–Crippen MR) is 110 cm³/mol. The topological polar surface area (TPSA) is 69.6 Å². The van der Waals surface area contributed by atoms with Crippen LogP contribution in [0, 0.1) is 0 Å². The van der Waals surface area contributed by atoms with Gasteiger partial charge in [-0.15, -0.1) is 0 Å². The van der Waals surface area contributed by atoms with Crippen LogP contribution in [0.4, 0.5) is 0 Å². The molecule has 1 unspecified atom stereocenters. The Balaban J connectivity index is 0.000000376. The third-order valence-electron chi connectivity index (χ3n) is 4.55. The monoisotopic (exact) mass is 426 g/mol. The van der Waals surface area contributed by atoms with Crippen LogP contribution in [0.1, 0.15) is 17.2 Å². The summed E-state index contributed by atoms with van der Waals surface area (Å²) in [5, 5.41) is 4.33. The fourth-order valence-corrected chi connectivity index (χ4v) is 4.85. The second kappa shape index (κ2) is 8.94. The van der Waals surface area contributed by atoms with E-state index in [4.69, 9.17) is 16.2 Å². The minimum absolute atomic E-state index is 0.423. The summed E-state index contributed by atoms with van der Waals surface area (Å²) in [6.45, 7) is 4.34. The second-order valence-corrected chi connectivity index (χ2v) is 9.53. The molecule has 146 valence electrons. The van der Waals surface area contributed by atoms with Gasteiger partial charge in [-0.3, -0.25) is 9.45 Å². The van der Waals surface area contributed by atoms with Crippen LogP contribution in [0.2, 0.25) is 5.02 Å². The van der Waals surface area contributed by atoms with Gasteiger partial charge in [-0.1, -0.05) is 53.7 Å². The largest absolute Gasteiger partial charge is 0.314 e. The van der Waals surface area contributed by atoms with Gasteiger partial charge in [0.05, 0.1) is 11.3 Å². The average Bonchev–Trinajstić information content (AvgIpc) is 2.79. The summed E-state index contributed by atoms with van der Waals surface area (Å²) in [6, 6.07) is 15.5. The predicted octanol–water partition coefficient (Wildman–Crippen LogP) is 3.50. The molecule has 2 aromatic rings. The van der Waals surface area contributed by atoms with Crippen LogP contribution in [0.25, 0.3) is 0 Å². The number of hydrogen-bond donors (Lipinski definition) is 2. The van der Waals surface area contributed by atoms with Crippen molar-refractivity contribution in [3.63, 3.8) is 0 Å². The highest BCUT2D eigenvalue weighted by Crippen LogP contribution is 2.45. The molecule has 0 saturated carbocycles. The second-order valence-electron chi connectivity index (χ2n) is 6.61. The highest BCUT2D eigenvalue weighted by Gasteiger charge is 2.29. The van der Waals surface area contributed by atoms with E-state index in [0.29, 0.717) is 12.3 Å². The number of rotatable bonds is 1. The molecular formula is C19H23ClN2O3S2. The molecule has 2 aromatic carbocycles. The van der Waals surface area contributed by atoms with Crippen molar-refractivity contribution in [1.29, 1.82) is 0 Å². The summed E-state index contributed by atoms with van der Waals surface area (Å²) in [5.41, 5.74) is 2.82. The molecule has 2 N–H and O–H groups in total. The summed E-state index contributed by atoms with van der Waals surface area (Å²) in [6.07, 6.45) is 1.78. The third-order valence-corrected chi connectivity index (χ3v) is 6.25. The first-order valence-corrected chi connectivity index (χ1v) is 11.8. The molecule has 0 spiro atoms. The first-order chi connectivity index (χ1) is 12.8. The molecule has 0 radical (unpaired) electrons. The molecule has 0 bridgehead atoms. The fraction of sp³-hybridized carbons (Fsp3) is 0.368. The summed E-state index contributed by atoms with van der Waals surface area (Å²) in [5.74, 6) is 0. The van der Waals surface area contributed by atoms with Crippen LogP contribution in [0.3, 0.4) is 0 Å². The van der Waals surface area contributed by atoms with Gasteiger partial charge in [-0.25, -0.2) is 0 Å². The van der Waals surface area contributed by atoms with Gasteiger partial charge in [0.1, 0.15) is 0 Å². The molecular weight excluding hydrogens is 404 g/mol. The number of benzene rings is 2. The van der Waals surface area contributed by atoms with Crippen LogP contribution in [0.15, 0.2) is 52.3 Å². The zero-order chi connectivity index (χ0) is 19.4. The molecule has 0 aliphatic carbocycles. The van der Waals surface area contributed by atoms with Crippen LogP contribution >= 0.6 is 23.4 Å². The van der Waals surface area contributed by atoms with E-state index in [2.05, 4.69) is 46.6 Å². The van der Waals surface area contributed by atoms with E-state index in [0.717, 1.165) is 37.6 Å². The number of halogens is 1. The smallest absolute Gasteiger partial charge is 0.261 e. The zero-order valence-corrected chi connectivity index (χ0v) is 17.4. The molecule has 8 heteroatoms. The number of nitrogens with zero attached hydrogens (tertiary/aromatic N) is 1. The molecule has 5 nitrogen and oxygen atoms in total. The third kappa shape index (κ3) is 5.70. The summed E-state index contributed by atoms with van der Waals surface area (Å²) in [4.78, 5) is 5.18. The average molecular weight is 427 g/mol. The summed E-state index contributed by atoms with van der Waals surface area (Å²) < 4.78 is 25.9. The first kappa shape index (κ1) is 20.6. The van der Waals surface area contributed by atoms with E-state index in [9.17, 15) is 8.42 Å². The standard InChI is InChI=1S/C18H19ClN2S.CH4O3S/c19-15-6-3-5-14-16(21-10-8-20-9-11-21)12-13-4-1-2-7-17(13)22-18(14)15;1-5(2,3)4/h1-7,16,20H,8-12H2;1H3,(H,2,3,4). The minimum Gasteiger partial charge on any atom is -0.314 e. The highest BCUT2D eigenvalue weighted by molar-refractivity contribution is 7.99. The van der Waals surface area contributed by atoms with E-state index in [1.165, 1.54) is 20.9 Å². The van der Waals surface area contributed by atoms with Gasteiger partial charge >= 0.3 is 0 Å². The lowest BCUT2D eigenvalue weighted by Crippen LogP contribution is -2.45. The lowest BCUT2D eigenvalue weighted by molar-refractivity contribution is 0.170. The van der Waals surface area contributed by atoms with E-state index < -0.39 is 10.1 Å². The molecule has 2 aliphatic heterocycles. The fourth-order valence-electron chi connectivity index (χ4n) is 3.42. The lowest BCUT2D eigenvalue weighted by Gasteiger charge is -2.35. The maximum atomic E-state index is 9.19. The van der Waals surface area contributed by atoms with E-state index in [1.807, 2.05) is 17.8 Å². The summed E-state index contributed by atoms with van der Waals surface area (Å²) >= 11 is 8.36. The maximum absolute atomic E-state index is 9.19. The van der Waals surface area contributed by atoms with Crippen LogP contribution in [-0.2, 0) is 16.5 Å². The Kier molecular flexibility index (Phi) is 6.83. The molecule has 1 atom stereocenters. The Morgan fingerprint density at radius 1 is 1.15 bits per heavy atom. The maximum Gasteiger partial charge on any atom is 0.261 e. The Morgan fingerprint density at radius 2 is 1.81 bits per heavy atom. The molecule has 4 rings (SSSR count). The Morgan fingerprint density at radius 3 is 2.52 bits per heavy atom. The van der Waals surface area contributed by atoms with Crippen molar-refractivity contribution in [2.45, 2.75) is 22.3 Å². The number of piperazine rings is 1. The van der Waals surface area contributed by atoms with Gasteiger partial charge in [0, 0.05) is 42.0 Å².